The standard InChI is InChI=1S/C19H13ClFNO2/c20-17-11-14(8-9-18(17)21)22-19(23)16(12-15-7-4-10-24-15)13-5-2-1-3-6-13/h1-12H,(H,22,23)/b16-12+. The van der Waals surface area contributed by atoms with Crippen LogP contribution in [0.4, 0.5) is 10.1 Å². The third kappa shape index (κ3) is 3.73. The first-order valence-corrected chi connectivity index (χ1v) is 7.58. The van der Waals surface area contributed by atoms with Crippen molar-refractivity contribution in [2.75, 3.05) is 5.32 Å². The molecule has 0 unspecified atom stereocenters. The summed E-state index contributed by atoms with van der Waals surface area (Å²) in [7, 11) is 0. The number of halogens is 2. The third-order valence-electron chi connectivity index (χ3n) is 3.34. The first-order chi connectivity index (χ1) is 11.6. The summed E-state index contributed by atoms with van der Waals surface area (Å²) in [5, 5.41) is 2.67. The van der Waals surface area contributed by atoms with Gasteiger partial charge in [0, 0.05) is 5.69 Å². The molecule has 2 aromatic carbocycles. The number of nitrogens with one attached hydrogen (secondary N) is 1. The van der Waals surface area contributed by atoms with Crippen LogP contribution < -0.4 is 5.32 Å². The average Bonchev–Trinajstić information content (AvgIpc) is 3.10. The van der Waals surface area contributed by atoms with Crippen LogP contribution in [0, 0.1) is 5.82 Å². The number of hydrogen-bond donors (Lipinski definition) is 1. The van der Waals surface area contributed by atoms with Crippen LogP contribution in [-0.2, 0) is 4.79 Å². The van der Waals surface area contributed by atoms with E-state index in [1.807, 2.05) is 30.3 Å². The molecule has 0 aliphatic heterocycles. The Balaban J connectivity index is 1.93. The number of anilines is 1. The van der Waals surface area contributed by atoms with E-state index in [1.54, 1.807) is 18.2 Å². The van der Waals surface area contributed by atoms with E-state index in [4.69, 9.17) is 16.0 Å². The van der Waals surface area contributed by atoms with Crippen molar-refractivity contribution >= 4 is 34.8 Å². The lowest BCUT2D eigenvalue weighted by Crippen LogP contribution is -2.13. The highest BCUT2D eigenvalue weighted by atomic mass is 35.5. The molecular formula is C19H13ClFNO2. The SMILES string of the molecule is O=C(Nc1ccc(F)c(Cl)c1)/C(=C/c1ccco1)c1ccccc1. The van der Waals surface area contributed by atoms with Gasteiger partial charge < -0.3 is 9.73 Å². The Morgan fingerprint density at radius 1 is 1.08 bits per heavy atom. The molecule has 120 valence electrons. The van der Waals surface area contributed by atoms with Gasteiger partial charge in [-0.1, -0.05) is 41.9 Å². The lowest BCUT2D eigenvalue weighted by atomic mass is 10.0. The van der Waals surface area contributed by atoms with Gasteiger partial charge in [0.25, 0.3) is 5.91 Å². The van der Waals surface area contributed by atoms with E-state index in [2.05, 4.69) is 5.32 Å². The molecule has 0 aliphatic carbocycles. The second-order valence-corrected chi connectivity index (χ2v) is 5.43. The molecule has 0 atom stereocenters. The molecule has 1 amide bonds. The zero-order valence-electron chi connectivity index (χ0n) is 12.5. The zero-order chi connectivity index (χ0) is 16.9. The van der Waals surface area contributed by atoms with Gasteiger partial charge in [0.2, 0.25) is 0 Å². The summed E-state index contributed by atoms with van der Waals surface area (Å²) >= 11 is 5.75. The first-order valence-electron chi connectivity index (χ1n) is 7.20. The van der Waals surface area contributed by atoms with Gasteiger partial charge in [-0.3, -0.25) is 4.79 Å². The van der Waals surface area contributed by atoms with Crippen molar-refractivity contribution in [2.45, 2.75) is 0 Å². The summed E-state index contributed by atoms with van der Waals surface area (Å²) in [5.41, 5.74) is 1.57. The van der Waals surface area contributed by atoms with Gasteiger partial charge in [0.15, 0.2) is 0 Å². The molecule has 3 nitrogen and oxygen atoms in total. The van der Waals surface area contributed by atoms with E-state index in [1.165, 1.54) is 24.5 Å². The quantitative estimate of drug-likeness (QED) is 0.658. The molecule has 1 N–H and O–H groups in total. The zero-order valence-corrected chi connectivity index (χ0v) is 13.3. The molecule has 0 saturated carbocycles. The van der Waals surface area contributed by atoms with Crippen LogP contribution in [0.1, 0.15) is 11.3 Å². The molecule has 24 heavy (non-hydrogen) atoms. The van der Waals surface area contributed by atoms with Gasteiger partial charge in [-0.25, -0.2) is 4.39 Å². The van der Waals surface area contributed by atoms with Crippen LogP contribution in [0.15, 0.2) is 71.3 Å². The van der Waals surface area contributed by atoms with E-state index in [-0.39, 0.29) is 10.9 Å². The van der Waals surface area contributed by atoms with Gasteiger partial charge in [-0.05, 0) is 42.0 Å². The van der Waals surface area contributed by atoms with Crippen molar-refractivity contribution in [1.82, 2.24) is 0 Å². The number of benzene rings is 2. The van der Waals surface area contributed by atoms with Crippen molar-refractivity contribution in [3.05, 3.63) is 89.1 Å². The lowest BCUT2D eigenvalue weighted by molar-refractivity contribution is -0.111. The molecule has 0 saturated heterocycles. The Hall–Kier alpha value is -2.85. The maximum absolute atomic E-state index is 13.2. The Bertz CT molecular complexity index is 874. The van der Waals surface area contributed by atoms with E-state index >= 15 is 0 Å². The van der Waals surface area contributed by atoms with Crippen molar-refractivity contribution in [3.8, 4) is 0 Å². The second kappa shape index (κ2) is 7.15. The topological polar surface area (TPSA) is 42.2 Å². The second-order valence-electron chi connectivity index (χ2n) is 5.02. The van der Waals surface area contributed by atoms with E-state index in [0.29, 0.717) is 17.0 Å². The highest BCUT2D eigenvalue weighted by Crippen LogP contribution is 2.23. The van der Waals surface area contributed by atoms with Gasteiger partial charge in [0.05, 0.1) is 16.9 Å². The lowest BCUT2D eigenvalue weighted by Gasteiger charge is -2.10. The van der Waals surface area contributed by atoms with Crippen molar-refractivity contribution in [2.24, 2.45) is 0 Å². The number of carbonyl (C=O) groups excluding carboxylic acids is 1. The van der Waals surface area contributed by atoms with Crippen molar-refractivity contribution in [1.29, 1.82) is 0 Å². The largest absolute Gasteiger partial charge is 0.465 e. The van der Waals surface area contributed by atoms with Crippen LogP contribution in [0.2, 0.25) is 5.02 Å². The summed E-state index contributed by atoms with van der Waals surface area (Å²) in [6.45, 7) is 0. The number of hydrogen-bond acceptors (Lipinski definition) is 2. The smallest absolute Gasteiger partial charge is 0.256 e. The summed E-state index contributed by atoms with van der Waals surface area (Å²) in [4.78, 5) is 12.7. The van der Waals surface area contributed by atoms with Crippen LogP contribution in [0.3, 0.4) is 0 Å². The number of amides is 1. The molecule has 0 bridgehead atoms. The molecule has 1 aromatic heterocycles. The van der Waals surface area contributed by atoms with Gasteiger partial charge in [-0.15, -0.1) is 0 Å². The highest BCUT2D eigenvalue weighted by molar-refractivity contribution is 6.32. The summed E-state index contributed by atoms with van der Waals surface area (Å²) in [6, 6.07) is 16.7. The average molecular weight is 342 g/mol. The fourth-order valence-corrected chi connectivity index (χ4v) is 2.37. The molecule has 0 spiro atoms. The molecular weight excluding hydrogens is 329 g/mol. The Labute approximate surface area is 143 Å². The minimum Gasteiger partial charge on any atom is -0.465 e. The minimum atomic E-state index is -0.538. The maximum Gasteiger partial charge on any atom is 0.256 e. The van der Waals surface area contributed by atoms with Crippen molar-refractivity contribution < 1.29 is 13.6 Å². The third-order valence-corrected chi connectivity index (χ3v) is 3.63. The van der Waals surface area contributed by atoms with Crippen LogP contribution in [-0.4, -0.2) is 5.91 Å². The van der Waals surface area contributed by atoms with Crippen LogP contribution in [0.25, 0.3) is 11.6 Å². The van der Waals surface area contributed by atoms with Gasteiger partial charge in [0.1, 0.15) is 11.6 Å². The molecule has 0 aliphatic rings. The first kappa shape index (κ1) is 16.0. The van der Waals surface area contributed by atoms with E-state index < -0.39 is 5.82 Å². The molecule has 0 radical (unpaired) electrons. The fourth-order valence-electron chi connectivity index (χ4n) is 2.19. The number of rotatable bonds is 4. The predicted molar refractivity (Wildman–Crippen MR) is 93.1 cm³/mol. The number of carbonyl (C=O) groups is 1. The fraction of sp³-hybridized carbons (Fsp3) is 0. The predicted octanol–water partition coefficient (Wildman–Crippen LogP) is 5.25. The molecule has 0 fully saturated rings. The van der Waals surface area contributed by atoms with E-state index in [9.17, 15) is 9.18 Å². The highest BCUT2D eigenvalue weighted by Gasteiger charge is 2.14. The van der Waals surface area contributed by atoms with E-state index in [0.717, 1.165) is 5.56 Å². The summed E-state index contributed by atoms with van der Waals surface area (Å²) in [6.07, 6.45) is 3.18. The van der Waals surface area contributed by atoms with Gasteiger partial charge >= 0.3 is 0 Å². The summed E-state index contributed by atoms with van der Waals surface area (Å²) < 4.78 is 18.5. The maximum atomic E-state index is 13.2. The van der Waals surface area contributed by atoms with Crippen LogP contribution in [0.5, 0.6) is 0 Å². The Morgan fingerprint density at radius 3 is 2.54 bits per heavy atom. The minimum absolute atomic E-state index is 0.0518. The Morgan fingerprint density at radius 2 is 1.88 bits per heavy atom. The van der Waals surface area contributed by atoms with Gasteiger partial charge in [-0.2, -0.15) is 0 Å². The normalized spacial score (nSPS) is 11.3. The van der Waals surface area contributed by atoms with Crippen molar-refractivity contribution in [3.63, 3.8) is 0 Å². The molecule has 1 heterocycles. The molecule has 3 rings (SSSR count). The van der Waals surface area contributed by atoms with Crippen LogP contribution >= 0.6 is 11.6 Å². The summed E-state index contributed by atoms with van der Waals surface area (Å²) in [5.74, 6) is -0.328. The Kier molecular flexibility index (Phi) is 4.77. The number of furan rings is 1. The molecule has 3 aromatic rings. The molecule has 5 heteroatoms. The monoisotopic (exact) mass is 341 g/mol.